The number of rotatable bonds is 3. The first-order chi connectivity index (χ1) is 8.31. The molecule has 0 spiro atoms. The number of hydrogen-bond donors (Lipinski definition) is 1. The van der Waals surface area contributed by atoms with E-state index in [1.54, 1.807) is 0 Å². The number of nitrogens with two attached hydrogens (primary N) is 1. The summed E-state index contributed by atoms with van der Waals surface area (Å²) in [6.07, 6.45) is 7.46. The minimum Gasteiger partial charge on any atom is -0.342 e. The van der Waals surface area contributed by atoms with E-state index in [1.165, 1.54) is 32.1 Å². The van der Waals surface area contributed by atoms with Crippen molar-refractivity contribution in [3.05, 3.63) is 0 Å². The molecule has 0 aromatic rings. The third kappa shape index (κ3) is 2.10. The Morgan fingerprint density at radius 1 is 1.12 bits per heavy atom. The Labute approximate surface area is 104 Å². The van der Waals surface area contributed by atoms with Crippen molar-refractivity contribution in [1.82, 2.24) is 4.90 Å². The van der Waals surface area contributed by atoms with Crippen molar-refractivity contribution in [3.63, 3.8) is 0 Å². The van der Waals surface area contributed by atoms with Gasteiger partial charge in [-0.25, -0.2) is 0 Å². The Hall–Kier alpha value is -0.570. The maximum Gasteiger partial charge on any atom is 0.226 e. The van der Waals surface area contributed by atoms with Gasteiger partial charge in [0.2, 0.25) is 5.91 Å². The van der Waals surface area contributed by atoms with Crippen molar-refractivity contribution in [2.75, 3.05) is 19.6 Å². The molecule has 96 valence electrons. The Morgan fingerprint density at radius 2 is 1.76 bits per heavy atom. The molecule has 3 aliphatic rings. The first-order valence-electron chi connectivity index (χ1n) is 7.30. The number of likely N-dealkylation sites (tertiary alicyclic amines) is 1. The third-order valence-corrected chi connectivity index (χ3v) is 5.19. The monoisotopic (exact) mass is 236 g/mol. The van der Waals surface area contributed by atoms with Gasteiger partial charge in [0.15, 0.2) is 0 Å². The molecule has 1 aliphatic heterocycles. The molecule has 17 heavy (non-hydrogen) atoms. The zero-order valence-corrected chi connectivity index (χ0v) is 10.6. The fraction of sp³-hybridized carbons (Fsp3) is 0.929. The van der Waals surface area contributed by atoms with E-state index in [4.69, 9.17) is 5.73 Å². The highest BCUT2D eigenvalue weighted by Crippen LogP contribution is 2.58. The largest absolute Gasteiger partial charge is 0.342 e. The summed E-state index contributed by atoms with van der Waals surface area (Å²) in [5.41, 5.74) is 5.59. The fourth-order valence-corrected chi connectivity index (χ4v) is 4.08. The van der Waals surface area contributed by atoms with Gasteiger partial charge in [-0.05, 0) is 56.4 Å². The molecule has 2 atom stereocenters. The standard InChI is InChI=1S/C14H24N2O/c15-7-4-10-5-8-16(9-6-10)14(17)13-11-2-1-3-12(11)13/h10-13H,1-9,15H2. The molecule has 2 N–H and O–H groups in total. The SMILES string of the molecule is NCCC1CCN(C(=O)C2C3CCCC32)CC1. The number of hydrogen-bond acceptors (Lipinski definition) is 2. The van der Waals surface area contributed by atoms with Crippen LogP contribution in [0.1, 0.15) is 38.5 Å². The van der Waals surface area contributed by atoms with E-state index in [9.17, 15) is 4.79 Å². The summed E-state index contributed by atoms with van der Waals surface area (Å²) in [6, 6.07) is 0. The van der Waals surface area contributed by atoms with Crippen LogP contribution in [0.5, 0.6) is 0 Å². The summed E-state index contributed by atoms with van der Waals surface area (Å²) < 4.78 is 0. The molecule has 1 saturated heterocycles. The number of nitrogens with zero attached hydrogens (tertiary/aromatic N) is 1. The van der Waals surface area contributed by atoms with Gasteiger partial charge >= 0.3 is 0 Å². The molecular weight excluding hydrogens is 212 g/mol. The lowest BCUT2D eigenvalue weighted by molar-refractivity contribution is -0.134. The average Bonchev–Trinajstić information content (AvgIpc) is 2.83. The summed E-state index contributed by atoms with van der Waals surface area (Å²) >= 11 is 0. The molecule has 1 amide bonds. The van der Waals surface area contributed by atoms with Crippen molar-refractivity contribution in [2.45, 2.75) is 38.5 Å². The summed E-state index contributed by atoms with van der Waals surface area (Å²) in [5.74, 6) is 3.21. The molecule has 1 heterocycles. The molecule has 0 bridgehead atoms. The van der Waals surface area contributed by atoms with E-state index in [0.29, 0.717) is 11.8 Å². The van der Waals surface area contributed by atoms with Crippen LogP contribution >= 0.6 is 0 Å². The number of amides is 1. The average molecular weight is 236 g/mol. The highest BCUT2D eigenvalue weighted by atomic mass is 16.2. The van der Waals surface area contributed by atoms with Crippen LogP contribution in [-0.4, -0.2) is 30.4 Å². The minimum absolute atomic E-state index is 0.426. The Morgan fingerprint density at radius 3 is 2.35 bits per heavy atom. The predicted octanol–water partition coefficient (Wildman–Crippen LogP) is 1.62. The van der Waals surface area contributed by atoms with E-state index in [-0.39, 0.29) is 0 Å². The lowest BCUT2D eigenvalue weighted by Gasteiger charge is -2.32. The van der Waals surface area contributed by atoms with Gasteiger partial charge in [0.25, 0.3) is 0 Å². The molecule has 0 aromatic heterocycles. The first-order valence-corrected chi connectivity index (χ1v) is 7.30. The number of fused-ring (bicyclic) bond motifs is 1. The molecule has 2 unspecified atom stereocenters. The molecule has 0 aromatic carbocycles. The van der Waals surface area contributed by atoms with Crippen LogP contribution in [-0.2, 0) is 4.79 Å². The summed E-state index contributed by atoms with van der Waals surface area (Å²) in [7, 11) is 0. The van der Waals surface area contributed by atoms with E-state index < -0.39 is 0 Å². The smallest absolute Gasteiger partial charge is 0.226 e. The van der Waals surface area contributed by atoms with E-state index in [1.807, 2.05) is 0 Å². The maximum atomic E-state index is 12.3. The molecular formula is C14H24N2O. The second kappa shape index (κ2) is 4.60. The second-order valence-corrected chi connectivity index (χ2v) is 6.13. The maximum absolute atomic E-state index is 12.3. The van der Waals surface area contributed by atoms with Crippen LogP contribution in [0.4, 0.5) is 0 Å². The van der Waals surface area contributed by atoms with E-state index >= 15 is 0 Å². The zero-order valence-electron chi connectivity index (χ0n) is 10.6. The van der Waals surface area contributed by atoms with Gasteiger partial charge < -0.3 is 10.6 Å². The zero-order chi connectivity index (χ0) is 11.8. The Kier molecular flexibility index (Phi) is 3.12. The highest BCUT2D eigenvalue weighted by molar-refractivity contribution is 5.82. The van der Waals surface area contributed by atoms with Gasteiger partial charge in [-0.2, -0.15) is 0 Å². The summed E-state index contributed by atoms with van der Waals surface area (Å²) in [4.78, 5) is 14.5. The Balaban J connectivity index is 1.48. The topological polar surface area (TPSA) is 46.3 Å². The van der Waals surface area contributed by atoms with Crippen LogP contribution in [0.2, 0.25) is 0 Å². The lowest BCUT2D eigenvalue weighted by atomic mass is 9.93. The van der Waals surface area contributed by atoms with Gasteiger partial charge in [0, 0.05) is 19.0 Å². The predicted molar refractivity (Wildman–Crippen MR) is 67.3 cm³/mol. The molecule has 3 rings (SSSR count). The summed E-state index contributed by atoms with van der Waals surface area (Å²) in [5, 5.41) is 0. The normalized spacial score (nSPS) is 37.0. The third-order valence-electron chi connectivity index (χ3n) is 5.19. The van der Waals surface area contributed by atoms with Crippen molar-refractivity contribution in [3.8, 4) is 0 Å². The Bertz CT molecular complexity index is 287. The van der Waals surface area contributed by atoms with E-state index in [0.717, 1.165) is 43.8 Å². The van der Waals surface area contributed by atoms with Crippen molar-refractivity contribution >= 4 is 5.91 Å². The molecule has 2 saturated carbocycles. The minimum atomic E-state index is 0.426. The molecule has 3 heteroatoms. The van der Waals surface area contributed by atoms with Crippen molar-refractivity contribution < 1.29 is 4.79 Å². The van der Waals surface area contributed by atoms with Crippen molar-refractivity contribution in [1.29, 1.82) is 0 Å². The first kappa shape index (κ1) is 11.5. The highest BCUT2D eigenvalue weighted by Gasteiger charge is 2.57. The van der Waals surface area contributed by atoms with Gasteiger partial charge in [0.1, 0.15) is 0 Å². The van der Waals surface area contributed by atoms with Gasteiger partial charge in [0.05, 0.1) is 0 Å². The number of carbonyl (C=O) groups is 1. The number of piperidine rings is 1. The van der Waals surface area contributed by atoms with Crippen LogP contribution in [0.15, 0.2) is 0 Å². The van der Waals surface area contributed by atoms with Crippen molar-refractivity contribution in [2.24, 2.45) is 29.4 Å². The van der Waals surface area contributed by atoms with Gasteiger partial charge in [-0.3, -0.25) is 4.79 Å². The second-order valence-electron chi connectivity index (χ2n) is 6.13. The quantitative estimate of drug-likeness (QED) is 0.809. The van der Waals surface area contributed by atoms with Gasteiger partial charge in [-0.15, -0.1) is 0 Å². The fourth-order valence-electron chi connectivity index (χ4n) is 4.08. The van der Waals surface area contributed by atoms with Gasteiger partial charge in [-0.1, -0.05) is 6.42 Å². The molecule has 2 aliphatic carbocycles. The molecule has 0 radical (unpaired) electrons. The van der Waals surface area contributed by atoms with Crippen LogP contribution in [0.3, 0.4) is 0 Å². The van der Waals surface area contributed by atoms with Crippen LogP contribution < -0.4 is 5.73 Å². The molecule has 3 fully saturated rings. The van der Waals surface area contributed by atoms with Crippen LogP contribution in [0.25, 0.3) is 0 Å². The van der Waals surface area contributed by atoms with Crippen LogP contribution in [0, 0.1) is 23.7 Å². The number of carbonyl (C=O) groups excluding carboxylic acids is 1. The lowest BCUT2D eigenvalue weighted by Crippen LogP contribution is -2.40. The summed E-state index contributed by atoms with van der Waals surface area (Å²) in [6.45, 7) is 2.77. The van der Waals surface area contributed by atoms with E-state index in [2.05, 4.69) is 4.90 Å². The molecule has 3 nitrogen and oxygen atoms in total.